The third-order valence-electron chi connectivity index (χ3n) is 5.57. The highest BCUT2D eigenvalue weighted by atomic mass is 16.2. The molecule has 2 aromatic carbocycles. The second-order valence-electron chi connectivity index (χ2n) is 7.61. The minimum absolute atomic E-state index is 0.195. The van der Waals surface area contributed by atoms with E-state index in [-0.39, 0.29) is 12.1 Å². The Morgan fingerprint density at radius 3 is 2.04 bits per heavy atom. The molecule has 0 heterocycles. The minimum Gasteiger partial charge on any atom is -0.368 e. The van der Waals surface area contributed by atoms with Crippen molar-refractivity contribution in [2.75, 3.05) is 0 Å². The number of hydrogen-bond donors (Lipinski definition) is 3. The molecule has 0 unspecified atom stereocenters. The van der Waals surface area contributed by atoms with Crippen molar-refractivity contribution in [2.24, 2.45) is 5.73 Å². The number of carbonyl (C=O) groups is 2. The molecule has 3 amide bonds. The van der Waals surface area contributed by atoms with E-state index in [1.54, 1.807) is 0 Å². The van der Waals surface area contributed by atoms with Crippen molar-refractivity contribution in [1.29, 1.82) is 0 Å². The maximum atomic E-state index is 12.9. The zero-order valence-electron chi connectivity index (χ0n) is 16.2. The fourth-order valence-electron chi connectivity index (χ4n) is 3.96. The highest BCUT2D eigenvalue weighted by Crippen LogP contribution is 2.27. The second-order valence-corrected chi connectivity index (χ2v) is 7.61. The molecule has 0 spiro atoms. The summed E-state index contributed by atoms with van der Waals surface area (Å²) in [5.41, 5.74) is 6.91. The van der Waals surface area contributed by atoms with E-state index in [1.807, 2.05) is 60.7 Å². The van der Waals surface area contributed by atoms with Crippen LogP contribution >= 0.6 is 0 Å². The smallest absolute Gasteiger partial charge is 0.316 e. The predicted octanol–water partition coefficient (Wildman–Crippen LogP) is 3.85. The van der Waals surface area contributed by atoms with E-state index in [0.717, 1.165) is 36.8 Å². The zero-order valence-corrected chi connectivity index (χ0v) is 16.2. The largest absolute Gasteiger partial charge is 0.368 e. The topological polar surface area (TPSA) is 84.2 Å². The lowest BCUT2D eigenvalue weighted by Gasteiger charge is -2.31. The van der Waals surface area contributed by atoms with Gasteiger partial charge in [-0.05, 0) is 30.4 Å². The molecule has 1 aliphatic rings. The third kappa shape index (κ3) is 5.12. The van der Waals surface area contributed by atoms with Gasteiger partial charge >= 0.3 is 6.03 Å². The first-order valence-corrected chi connectivity index (χ1v) is 10.1. The molecule has 3 rings (SSSR count). The van der Waals surface area contributed by atoms with Crippen LogP contribution < -0.4 is 16.4 Å². The molecule has 0 radical (unpaired) electrons. The number of nitrogens with two attached hydrogens (primary N) is 1. The molecule has 4 N–H and O–H groups in total. The molecule has 1 saturated carbocycles. The van der Waals surface area contributed by atoms with Crippen LogP contribution in [0.2, 0.25) is 0 Å². The number of urea groups is 1. The Hall–Kier alpha value is -2.82. The normalized spacial score (nSPS) is 17.1. The number of rotatable bonds is 6. The maximum absolute atomic E-state index is 12.9. The van der Waals surface area contributed by atoms with Gasteiger partial charge in [-0.3, -0.25) is 4.79 Å². The van der Waals surface area contributed by atoms with Gasteiger partial charge in [0.2, 0.25) is 5.91 Å². The van der Waals surface area contributed by atoms with Crippen molar-refractivity contribution in [3.05, 3.63) is 71.8 Å². The Balaban J connectivity index is 1.75. The summed E-state index contributed by atoms with van der Waals surface area (Å²) in [6, 6.07) is 19.4. The number of primary amides is 1. The van der Waals surface area contributed by atoms with Gasteiger partial charge in [-0.25, -0.2) is 4.79 Å². The standard InChI is InChI=1S/C23H29N3O2/c24-21(27)23(15-9-1-2-10-16-23)26-22(28)25-20(19-13-7-4-8-14-19)17-18-11-5-3-6-12-18/h3-8,11-14,20H,1-2,9-10,15-17H2,(H2,24,27)(H2,25,26,28)/t20-/m0/s1. The summed E-state index contributed by atoms with van der Waals surface area (Å²) < 4.78 is 0. The lowest BCUT2D eigenvalue weighted by Crippen LogP contribution is -2.59. The average molecular weight is 380 g/mol. The number of nitrogens with one attached hydrogen (secondary N) is 2. The summed E-state index contributed by atoms with van der Waals surface area (Å²) in [5.74, 6) is -0.441. The van der Waals surface area contributed by atoms with Gasteiger partial charge in [0.15, 0.2) is 0 Å². The van der Waals surface area contributed by atoms with Gasteiger partial charge in [0.25, 0.3) is 0 Å². The van der Waals surface area contributed by atoms with Gasteiger partial charge in [0.1, 0.15) is 5.54 Å². The monoisotopic (exact) mass is 379 g/mol. The minimum atomic E-state index is -0.950. The first-order valence-electron chi connectivity index (χ1n) is 10.1. The van der Waals surface area contributed by atoms with E-state index in [9.17, 15) is 9.59 Å². The quantitative estimate of drug-likeness (QED) is 0.666. The van der Waals surface area contributed by atoms with E-state index in [1.165, 1.54) is 0 Å². The molecule has 1 fully saturated rings. The molecule has 0 aliphatic heterocycles. The van der Waals surface area contributed by atoms with E-state index >= 15 is 0 Å². The Labute approximate surface area is 166 Å². The predicted molar refractivity (Wildman–Crippen MR) is 111 cm³/mol. The lowest BCUT2D eigenvalue weighted by molar-refractivity contribution is -0.124. The highest BCUT2D eigenvalue weighted by Gasteiger charge is 2.38. The second kappa shape index (κ2) is 9.40. The third-order valence-corrected chi connectivity index (χ3v) is 5.57. The van der Waals surface area contributed by atoms with Gasteiger partial charge in [-0.2, -0.15) is 0 Å². The Morgan fingerprint density at radius 1 is 0.893 bits per heavy atom. The summed E-state index contributed by atoms with van der Waals surface area (Å²) in [7, 11) is 0. The van der Waals surface area contributed by atoms with Crippen molar-refractivity contribution >= 4 is 11.9 Å². The van der Waals surface area contributed by atoms with Crippen molar-refractivity contribution in [1.82, 2.24) is 10.6 Å². The molecule has 5 heteroatoms. The van der Waals surface area contributed by atoms with Crippen LogP contribution in [0.4, 0.5) is 4.79 Å². The zero-order chi connectivity index (χ0) is 19.8. The van der Waals surface area contributed by atoms with Crippen LogP contribution in [0, 0.1) is 0 Å². The first-order chi connectivity index (χ1) is 13.6. The molecule has 0 aromatic heterocycles. The SMILES string of the molecule is NC(=O)C1(NC(=O)N[C@@H](Cc2ccccc2)c2ccccc2)CCCCCC1. The van der Waals surface area contributed by atoms with Gasteiger partial charge in [-0.1, -0.05) is 86.3 Å². The average Bonchev–Trinajstić information content (AvgIpc) is 2.95. The number of carbonyl (C=O) groups excluding carboxylic acids is 2. The van der Waals surface area contributed by atoms with Crippen molar-refractivity contribution in [3.8, 4) is 0 Å². The van der Waals surface area contributed by atoms with Crippen LogP contribution in [0.5, 0.6) is 0 Å². The van der Waals surface area contributed by atoms with Gasteiger partial charge in [-0.15, -0.1) is 0 Å². The summed E-state index contributed by atoms with van der Waals surface area (Å²) in [5, 5.41) is 6.00. The molecule has 148 valence electrons. The Bertz CT molecular complexity index is 769. The van der Waals surface area contributed by atoms with E-state index < -0.39 is 11.4 Å². The van der Waals surface area contributed by atoms with Crippen molar-refractivity contribution in [3.63, 3.8) is 0 Å². The van der Waals surface area contributed by atoms with Crippen LogP contribution in [0.3, 0.4) is 0 Å². The Morgan fingerprint density at radius 2 is 1.46 bits per heavy atom. The van der Waals surface area contributed by atoms with Crippen LogP contribution in [-0.2, 0) is 11.2 Å². The Kier molecular flexibility index (Phi) is 6.69. The fraction of sp³-hybridized carbons (Fsp3) is 0.391. The van der Waals surface area contributed by atoms with Gasteiger partial charge in [0, 0.05) is 0 Å². The summed E-state index contributed by atoms with van der Waals surface area (Å²) in [6.45, 7) is 0. The van der Waals surface area contributed by atoms with E-state index in [0.29, 0.717) is 19.3 Å². The van der Waals surface area contributed by atoms with Gasteiger partial charge < -0.3 is 16.4 Å². The molecule has 28 heavy (non-hydrogen) atoms. The summed E-state index contributed by atoms with van der Waals surface area (Å²) in [4.78, 5) is 25.1. The molecule has 0 bridgehead atoms. The number of hydrogen-bond acceptors (Lipinski definition) is 2. The highest BCUT2D eigenvalue weighted by molar-refractivity contribution is 5.90. The van der Waals surface area contributed by atoms with Crippen LogP contribution in [0.1, 0.15) is 55.7 Å². The van der Waals surface area contributed by atoms with Crippen LogP contribution in [0.25, 0.3) is 0 Å². The lowest BCUT2D eigenvalue weighted by atomic mass is 9.89. The van der Waals surface area contributed by atoms with E-state index in [4.69, 9.17) is 5.73 Å². The van der Waals surface area contributed by atoms with Crippen molar-refractivity contribution in [2.45, 2.75) is 56.5 Å². The first kappa shape index (κ1) is 19.9. The molecule has 0 saturated heterocycles. The number of amides is 3. The molecular formula is C23H29N3O2. The molecular weight excluding hydrogens is 350 g/mol. The van der Waals surface area contributed by atoms with Crippen molar-refractivity contribution < 1.29 is 9.59 Å². The summed E-state index contributed by atoms with van der Waals surface area (Å²) in [6.07, 6.45) is 5.80. The number of benzene rings is 2. The fourth-order valence-corrected chi connectivity index (χ4v) is 3.96. The molecule has 1 aliphatic carbocycles. The van der Waals surface area contributed by atoms with Crippen LogP contribution in [0.15, 0.2) is 60.7 Å². The molecule has 1 atom stereocenters. The van der Waals surface area contributed by atoms with Gasteiger partial charge in [0.05, 0.1) is 6.04 Å². The molecule has 2 aromatic rings. The summed E-state index contributed by atoms with van der Waals surface area (Å²) >= 11 is 0. The molecule has 5 nitrogen and oxygen atoms in total. The van der Waals surface area contributed by atoms with Crippen LogP contribution in [-0.4, -0.2) is 17.5 Å². The van der Waals surface area contributed by atoms with E-state index in [2.05, 4.69) is 10.6 Å². The maximum Gasteiger partial charge on any atom is 0.316 e.